The van der Waals surface area contributed by atoms with Crippen LogP contribution >= 0.6 is 11.6 Å². The third-order valence-electron chi connectivity index (χ3n) is 10.7. The summed E-state index contributed by atoms with van der Waals surface area (Å²) < 4.78 is 48.1. The van der Waals surface area contributed by atoms with E-state index in [1.165, 1.54) is 22.7 Å². The van der Waals surface area contributed by atoms with Gasteiger partial charge in [0, 0.05) is 47.7 Å². The molecule has 7 nitrogen and oxygen atoms in total. The van der Waals surface area contributed by atoms with Crippen LogP contribution < -0.4 is 0 Å². The lowest BCUT2D eigenvalue weighted by molar-refractivity contribution is -0.0753. The van der Waals surface area contributed by atoms with Gasteiger partial charge in [-0.3, -0.25) is 4.79 Å². The Balaban J connectivity index is 1.58. The van der Waals surface area contributed by atoms with E-state index in [0.29, 0.717) is 57.1 Å². The van der Waals surface area contributed by atoms with Crippen LogP contribution in [0, 0.1) is 11.2 Å². The number of benzene rings is 2. The highest BCUT2D eigenvalue weighted by atomic mass is 35.5. The number of fused-ring (bicyclic) bond motifs is 8. The van der Waals surface area contributed by atoms with Crippen molar-refractivity contribution in [1.82, 2.24) is 4.31 Å². The molecule has 3 aliphatic carbocycles. The zero-order chi connectivity index (χ0) is 33.3. The second-order valence-corrected chi connectivity index (χ2v) is 16.3. The van der Waals surface area contributed by atoms with Crippen LogP contribution in [0.4, 0.5) is 4.39 Å². The smallest absolute Gasteiger partial charge is 0.211 e. The van der Waals surface area contributed by atoms with Crippen molar-refractivity contribution < 1.29 is 32.6 Å². The molecule has 2 fully saturated rings. The van der Waals surface area contributed by atoms with E-state index in [0.717, 1.165) is 29.5 Å². The van der Waals surface area contributed by atoms with Gasteiger partial charge < -0.3 is 14.9 Å². The van der Waals surface area contributed by atoms with Gasteiger partial charge in [0.15, 0.2) is 5.78 Å². The molecule has 2 bridgehead atoms. The summed E-state index contributed by atoms with van der Waals surface area (Å²) in [5.74, 6) is -1.13. The molecule has 5 atom stereocenters. The molecule has 4 aliphatic rings. The first-order chi connectivity index (χ1) is 21.7. The van der Waals surface area contributed by atoms with Crippen LogP contribution in [0.25, 0.3) is 0 Å². The van der Waals surface area contributed by atoms with Gasteiger partial charge in [-0.15, -0.1) is 0 Å². The molecule has 0 aromatic heterocycles. The molecule has 0 spiro atoms. The summed E-state index contributed by atoms with van der Waals surface area (Å²) in [6.07, 6.45) is 7.67. The van der Waals surface area contributed by atoms with Crippen LogP contribution in [0.3, 0.4) is 0 Å². The van der Waals surface area contributed by atoms with Gasteiger partial charge in [0.1, 0.15) is 5.82 Å². The minimum Gasteiger partial charge on any atom is -0.393 e. The highest BCUT2D eigenvalue weighted by Crippen LogP contribution is 2.59. The average molecular weight is 676 g/mol. The maximum absolute atomic E-state index is 14.8. The first-order valence-electron chi connectivity index (χ1n) is 16.4. The van der Waals surface area contributed by atoms with Gasteiger partial charge in [0.25, 0.3) is 0 Å². The summed E-state index contributed by atoms with van der Waals surface area (Å²) in [6, 6.07) is 10.0. The third-order valence-corrected chi connectivity index (χ3v) is 12.3. The second kappa shape index (κ2) is 14.1. The van der Waals surface area contributed by atoms with E-state index in [-0.39, 0.29) is 47.9 Å². The van der Waals surface area contributed by atoms with Gasteiger partial charge in [-0.2, -0.15) is 4.31 Å². The Morgan fingerprint density at radius 3 is 2.65 bits per heavy atom. The quantitative estimate of drug-likeness (QED) is 0.249. The number of sulfonamides is 1. The summed E-state index contributed by atoms with van der Waals surface area (Å²) in [4.78, 5) is 14.1. The molecule has 0 unspecified atom stereocenters. The zero-order valence-electron chi connectivity index (χ0n) is 27.1. The van der Waals surface area contributed by atoms with E-state index in [9.17, 15) is 27.8 Å². The molecule has 1 saturated heterocycles. The molecule has 0 amide bonds. The maximum atomic E-state index is 14.8. The van der Waals surface area contributed by atoms with Gasteiger partial charge in [-0.25, -0.2) is 12.8 Å². The molecular formula is C36H47ClFNO6S. The fourth-order valence-corrected chi connectivity index (χ4v) is 8.94. The number of ether oxygens (including phenoxy) is 1. The van der Waals surface area contributed by atoms with Crippen LogP contribution in [0.15, 0.2) is 48.0 Å². The van der Waals surface area contributed by atoms with E-state index < -0.39 is 33.0 Å². The monoisotopic (exact) mass is 675 g/mol. The maximum Gasteiger partial charge on any atom is 0.211 e. The molecule has 252 valence electrons. The number of Topliss-reactive ketones (excluding diaryl/α,β-unsaturated/α-hetero) is 1. The van der Waals surface area contributed by atoms with E-state index in [2.05, 4.69) is 6.08 Å². The minimum atomic E-state index is -3.66. The lowest BCUT2D eigenvalue weighted by Gasteiger charge is -2.46. The Morgan fingerprint density at radius 2 is 1.96 bits per heavy atom. The minimum absolute atomic E-state index is 0.0697. The van der Waals surface area contributed by atoms with E-state index in [1.54, 1.807) is 6.07 Å². The first-order valence-corrected chi connectivity index (χ1v) is 18.6. The Morgan fingerprint density at radius 1 is 1.17 bits per heavy atom. The van der Waals surface area contributed by atoms with Crippen molar-refractivity contribution in [2.75, 3.05) is 26.0 Å². The Kier molecular flexibility index (Phi) is 10.8. The van der Waals surface area contributed by atoms with Crippen molar-refractivity contribution in [3.8, 4) is 0 Å². The molecule has 2 aromatic carbocycles. The Bertz CT molecular complexity index is 1550. The van der Waals surface area contributed by atoms with Crippen molar-refractivity contribution in [1.29, 1.82) is 0 Å². The molecule has 2 aromatic rings. The molecule has 6 rings (SSSR count). The van der Waals surface area contributed by atoms with E-state index >= 15 is 0 Å². The molecule has 10 heteroatoms. The largest absolute Gasteiger partial charge is 0.393 e. The first kappa shape index (κ1) is 35.2. The van der Waals surface area contributed by atoms with E-state index in [4.69, 9.17) is 16.3 Å². The number of carbonyl (C=O) groups is 1. The van der Waals surface area contributed by atoms with Gasteiger partial charge in [-0.05, 0) is 100.0 Å². The molecule has 2 N–H and O–H groups in total. The molecule has 1 saturated carbocycles. The number of carbonyl (C=O) groups excluding carboxylic acids is 1. The summed E-state index contributed by atoms with van der Waals surface area (Å²) in [7, 11) is -3.66. The van der Waals surface area contributed by atoms with Crippen LogP contribution in [0.2, 0.25) is 5.02 Å². The van der Waals surface area contributed by atoms with Gasteiger partial charge >= 0.3 is 0 Å². The highest BCUT2D eigenvalue weighted by molar-refractivity contribution is 7.88. The highest BCUT2D eigenvalue weighted by Gasteiger charge is 2.58. The number of ketones is 1. The SMILES string of the molecule is CC1=CCC[C@@]2(C)[C@@H](CC[C@@]2(O)CN(C[C@H]2CCCO2)S(C)(=O)=O)c2ccc(cc2C(=O)Cc2c(F)cccc2Cl)C[C@@H](O)CC1. The van der Waals surface area contributed by atoms with Crippen molar-refractivity contribution in [2.45, 2.75) is 102 Å². The van der Waals surface area contributed by atoms with Gasteiger partial charge in [-0.1, -0.05) is 48.4 Å². The Labute approximate surface area is 277 Å². The second-order valence-electron chi connectivity index (χ2n) is 13.9. The molecule has 1 aliphatic heterocycles. The normalized spacial score (nSPS) is 29.0. The Hall–Kier alpha value is -2.14. The van der Waals surface area contributed by atoms with Crippen molar-refractivity contribution in [2.24, 2.45) is 5.41 Å². The topological polar surface area (TPSA) is 104 Å². The number of hydrogen-bond donors (Lipinski definition) is 2. The summed E-state index contributed by atoms with van der Waals surface area (Å²) in [5.41, 5.74) is 1.06. The summed E-state index contributed by atoms with van der Waals surface area (Å²) in [6.45, 7) is 4.78. The van der Waals surface area contributed by atoms with Crippen molar-refractivity contribution >= 4 is 27.4 Å². The number of hydrogen-bond acceptors (Lipinski definition) is 6. The summed E-state index contributed by atoms with van der Waals surface area (Å²) >= 11 is 6.32. The van der Waals surface area contributed by atoms with E-state index in [1.807, 2.05) is 32.0 Å². The average Bonchev–Trinajstić information content (AvgIpc) is 3.59. The van der Waals surface area contributed by atoms with Gasteiger partial charge in [0.2, 0.25) is 10.0 Å². The molecule has 46 heavy (non-hydrogen) atoms. The lowest BCUT2D eigenvalue weighted by Crippen LogP contribution is -2.54. The number of aliphatic hydroxyl groups is 2. The predicted molar refractivity (Wildman–Crippen MR) is 178 cm³/mol. The zero-order valence-corrected chi connectivity index (χ0v) is 28.7. The van der Waals surface area contributed by atoms with Crippen LogP contribution in [-0.2, 0) is 27.6 Å². The molecule has 0 radical (unpaired) electrons. The van der Waals surface area contributed by atoms with Gasteiger partial charge in [0.05, 0.1) is 24.1 Å². The number of rotatable bonds is 8. The number of halogens is 2. The third kappa shape index (κ3) is 7.61. The van der Waals surface area contributed by atoms with Crippen LogP contribution in [0.5, 0.6) is 0 Å². The lowest BCUT2D eigenvalue weighted by atomic mass is 9.64. The fraction of sp³-hybridized carbons (Fsp3) is 0.583. The van der Waals surface area contributed by atoms with Crippen molar-refractivity contribution in [3.05, 3.63) is 81.1 Å². The number of allylic oxidation sites excluding steroid dienone is 2. The van der Waals surface area contributed by atoms with Crippen LogP contribution in [-0.4, -0.2) is 72.5 Å². The van der Waals surface area contributed by atoms with Crippen molar-refractivity contribution in [3.63, 3.8) is 0 Å². The number of nitrogens with zero attached hydrogens (tertiary/aromatic N) is 1. The van der Waals surface area contributed by atoms with Crippen LogP contribution in [0.1, 0.15) is 98.2 Å². The summed E-state index contributed by atoms with van der Waals surface area (Å²) in [5, 5.41) is 23.6. The molecule has 1 heterocycles. The molecular weight excluding hydrogens is 629 g/mol. The standard InChI is InChI=1S/C36H47ClFNO6S/c1-24-7-5-16-35(2)31(15-17-36(35,42)23-39(46(3,43)44)22-27-8-6-18-45-27)28-14-12-25(19-26(40)13-11-24)20-29(28)34(41)21-30-32(37)9-4-10-33(30)38/h4,7,9-10,12,14,20,26-27,31,40,42H,5-6,8,11,13,15-19,21-23H2,1-3H3/t26-,27+,31-,35-,36+/m0/s1. The number of aliphatic hydroxyl groups excluding tert-OH is 1. The fourth-order valence-electron chi connectivity index (χ4n) is 7.82. The predicted octanol–water partition coefficient (Wildman–Crippen LogP) is 6.38.